The minimum absolute atomic E-state index is 0.178. The summed E-state index contributed by atoms with van der Waals surface area (Å²) in [5, 5.41) is 0. The van der Waals surface area contributed by atoms with E-state index in [-0.39, 0.29) is 6.04 Å². The average molecular weight is 447 g/mol. The monoisotopic (exact) mass is 446 g/mol. The number of anilines is 2. The summed E-state index contributed by atoms with van der Waals surface area (Å²) >= 11 is 3.60. The molecule has 146 valence electrons. The van der Waals surface area contributed by atoms with Crippen LogP contribution in [0.25, 0.3) is 22.6 Å². The Labute approximate surface area is 169 Å². The molecule has 0 aliphatic carbocycles. The van der Waals surface area contributed by atoms with Crippen LogP contribution in [-0.4, -0.2) is 69.0 Å². The smallest absolute Gasteiger partial charge is 0.228 e. The summed E-state index contributed by atoms with van der Waals surface area (Å²) in [6.07, 6.45) is 4.05. The van der Waals surface area contributed by atoms with Gasteiger partial charge in [0, 0.05) is 19.7 Å². The van der Waals surface area contributed by atoms with Crippen LogP contribution in [0.15, 0.2) is 17.1 Å². The molecule has 2 aliphatic rings. The first kappa shape index (κ1) is 17.7. The quantitative estimate of drug-likeness (QED) is 0.595. The number of hydrogen-bond acceptors (Lipinski definition) is 9. The van der Waals surface area contributed by atoms with E-state index in [1.54, 1.807) is 6.20 Å². The second-order valence-electron chi connectivity index (χ2n) is 6.74. The van der Waals surface area contributed by atoms with E-state index >= 15 is 0 Å². The van der Waals surface area contributed by atoms with Gasteiger partial charge in [-0.15, -0.1) is 0 Å². The van der Waals surface area contributed by atoms with Crippen molar-refractivity contribution in [3.8, 4) is 11.4 Å². The molecular weight excluding hydrogens is 428 g/mol. The fourth-order valence-corrected chi connectivity index (χ4v) is 4.16. The lowest BCUT2D eigenvalue weighted by Gasteiger charge is -2.27. The second-order valence-corrected chi connectivity index (χ2v) is 7.45. The van der Waals surface area contributed by atoms with Gasteiger partial charge < -0.3 is 20.1 Å². The summed E-state index contributed by atoms with van der Waals surface area (Å²) in [7, 11) is 0. The number of nitrogens with zero attached hydrogens (tertiary/aromatic N) is 7. The summed E-state index contributed by atoms with van der Waals surface area (Å²) < 4.78 is 13.8. The topological polar surface area (TPSA) is 117 Å². The van der Waals surface area contributed by atoms with Crippen molar-refractivity contribution in [3.05, 3.63) is 17.1 Å². The van der Waals surface area contributed by atoms with E-state index in [1.807, 2.05) is 0 Å². The lowest BCUT2D eigenvalue weighted by atomic mass is 10.2. The predicted molar refractivity (Wildman–Crippen MR) is 106 cm³/mol. The molecule has 2 aliphatic heterocycles. The van der Waals surface area contributed by atoms with E-state index in [2.05, 4.69) is 35.4 Å². The zero-order valence-corrected chi connectivity index (χ0v) is 16.7. The third kappa shape index (κ3) is 3.09. The Morgan fingerprint density at radius 3 is 2.61 bits per heavy atom. The van der Waals surface area contributed by atoms with Crippen molar-refractivity contribution in [1.82, 2.24) is 29.5 Å². The minimum atomic E-state index is 0.178. The number of imidazole rings is 1. The van der Waals surface area contributed by atoms with Gasteiger partial charge in [-0.1, -0.05) is 0 Å². The number of ether oxygens (including phenoxy) is 2. The third-order valence-corrected chi connectivity index (χ3v) is 5.52. The Morgan fingerprint density at radius 2 is 1.89 bits per heavy atom. The Balaban J connectivity index is 1.71. The van der Waals surface area contributed by atoms with Gasteiger partial charge in [-0.25, -0.2) is 19.9 Å². The van der Waals surface area contributed by atoms with Gasteiger partial charge >= 0.3 is 0 Å². The lowest BCUT2D eigenvalue weighted by Crippen LogP contribution is -2.37. The molecule has 0 radical (unpaired) electrons. The van der Waals surface area contributed by atoms with Crippen molar-refractivity contribution in [1.29, 1.82) is 0 Å². The Hall–Kier alpha value is -2.37. The van der Waals surface area contributed by atoms with Gasteiger partial charge in [-0.2, -0.15) is 4.98 Å². The summed E-state index contributed by atoms with van der Waals surface area (Å²) in [4.78, 5) is 25.1. The molecular formula is C17H19BrN8O2. The van der Waals surface area contributed by atoms with E-state index in [0.717, 1.165) is 31.8 Å². The van der Waals surface area contributed by atoms with E-state index in [0.29, 0.717) is 53.2 Å². The molecule has 0 aromatic carbocycles. The van der Waals surface area contributed by atoms with Crippen LogP contribution in [0.5, 0.6) is 0 Å². The van der Waals surface area contributed by atoms with Crippen LogP contribution in [0.2, 0.25) is 0 Å². The van der Waals surface area contributed by atoms with Crippen molar-refractivity contribution < 1.29 is 9.47 Å². The average Bonchev–Trinajstić information content (AvgIpc) is 3.35. The number of hydrogen-bond donors (Lipinski definition) is 1. The van der Waals surface area contributed by atoms with E-state index < -0.39 is 0 Å². The fourth-order valence-electron chi connectivity index (χ4n) is 3.53. The van der Waals surface area contributed by atoms with E-state index in [4.69, 9.17) is 30.2 Å². The lowest BCUT2D eigenvalue weighted by molar-refractivity contribution is 0.122. The molecule has 11 heteroatoms. The van der Waals surface area contributed by atoms with Crippen LogP contribution in [0.4, 0.5) is 11.8 Å². The van der Waals surface area contributed by atoms with Crippen LogP contribution in [0.3, 0.4) is 0 Å². The van der Waals surface area contributed by atoms with Crippen LogP contribution in [-0.2, 0) is 9.47 Å². The van der Waals surface area contributed by atoms with Crippen LogP contribution in [0.1, 0.15) is 12.5 Å². The Morgan fingerprint density at radius 1 is 1.04 bits per heavy atom. The molecule has 0 amide bonds. The van der Waals surface area contributed by atoms with Crippen LogP contribution >= 0.6 is 15.9 Å². The molecule has 2 fully saturated rings. The number of fused-ring (bicyclic) bond motifs is 1. The van der Waals surface area contributed by atoms with Crippen molar-refractivity contribution in [2.45, 2.75) is 12.5 Å². The summed E-state index contributed by atoms with van der Waals surface area (Å²) in [6.45, 7) is 4.14. The first-order valence-electron chi connectivity index (χ1n) is 9.14. The van der Waals surface area contributed by atoms with Gasteiger partial charge in [0.15, 0.2) is 10.4 Å². The molecule has 5 rings (SSSR count). The second kappa shape index (κ2) is 7.22. The number of nitrogen functional groups attached to an aromatic ring is 1. The number of nitrogens with two attached hydrogens (primary N) is 1. The summed E-state index contributed by atoms with van der Waals surface area (Å²) in [6, 6.07) is 0.178. The predicted octanol–water partition coefficient (Wildman–Crippen LogP) is 1.43. The molecule has 2 saturated heterocycles. The number of halogens is 1. The zero-order chi connectivity index (χ0) is 19.1. The number of aromatic nitrogens is 6. The SMILES string of the molecule is Nc1cnc(-c2nc(N3CCOCC3)nc3c2nc(Br)n3C2CCOC2)cn1. The molecule has 2 N–H and O–H groups in total. The zero-order valence-electron chi connectivity index (χ0n) is 15.1. The molecule has 28 heavy (non-hydrogen) atoms. The fraction of sp³-hybridized carbons (Fsp3) is 0.471. The highest BCUT2D eigenvalue weighted by Crippen LogP contribution is 2.33. The van der Waals surface area contributed by atoms with Gasteiger partial charge in [0.2, 0.25) is 5.95 Å². The van der Waals surface area contributed by atoms with Crippen molar-refractivity contribution in [2.75, 3.05) is 50.2 Å². The normalized spacial score (nSPS) is 20.2. The van der Waals surface area contributed by atoms with Crippen molar-refractivity contribution in [3.63, 3.8) is 0 Å². The van der Waals surface area contributed by atoms with Crippen molar-refractivity contribution in [2.24, 2.45) is 0 Å². The van der Waals surface area contributed by atoms with Gasteiger partial charge in [0.1, 0.15) is 22.7 Å². The molecule has 3 aromatic heterocycles. The van der Waals surface area contributed by atoms with Crippen LogP contribution in [0, 0.1) is 0 Å². The maximum absolute atomic E-state index is 5.71. The van der Waals surface area contributed by atoms with E-state index in [1.165, 1.54) is 6.20 Å². The molecule has 5 heterocycles. The number of rotatable bonds is 3. The maximum atomic E-state index is 5.71. The third-order valence-electron chi connectivity index (χ3n) is 4.96. The number of morpholine rings is 1. The molecule has 0 saturated carbocycles. The maximum Gasteiger partial charge on any atom is 0.228 e. The molecule has 1 atom stereocenters. The highest BCUT2D eigenvalue weighted by atomic mass is 79.9. The highest BCUT2D eigenvalue weighted by Gasteiger charge is 2.27. The van der Waals surface area contributed by atoms with Gasteiger partial charge in [-0.05, 0) is 22.4 Å². The van der Waals surface area contributed by atoms with Gasteiger partial charge in [-0.3, -0.25) is 4.57 Å². The molecule has 0 spiro atoms. The first-order valence-corrected chi connectivity index (χ1v) is 9.94. The molecule has 0 bridgehead atoms. The van der Waals surface area contributed by atoms with Crippen LogP contribution < -0.4 is 10.6 Å². The van der Waals surface area contributed by atoms with E-state index in [9.17, 15) is 0 Å². The Bertz CT molecular complexity index is 997. The molecule has 1 unspecified atom stereocenters. The molecule has 10 nitrogen and oxygen atoms in total. The van der Waals surface area contributed by atoms with Gasteiger partial charge in [0.05, 0.1) is 38.3 Å². The summed E-state index contributed by atoms with van der Waals surface area (Å²) in [5.74, 6) is 0.995. The minimum Gasteiger partial charge on any atom is -0.382 e. The Kier molecular flexibility index (Phi) is 4.57. The van der Waals surface area contributed by atoms with Crippen molar-refractivity contribution >= 4 is 38.9 Å². The largest absolute Gasteiger partial charge is 0.382 e. The standard InChI is InChI=1S/C17H19BrN8O2/c18-16-22-14-13(11-7-21-12(19)8-20-11)23-17(25-2-5-27-6-3-25)24-15(14)26(16)10-1-4-28-9-10/h7-8,10H,1-6,9H2,(H2,19,21). The first-order chi connectivity index (χ1) is 13.7. The highest BCUT2D eigenvalue weighted by molar-refractivity contribution is 9.10. The molecule has 3 aromatic rings. The van der Waals surface area contributed by atoms with Gasteiger partial charge in [0.25, 0.3) is 0 Å². The summed E-state index contributed by atoms with van der Waals surface area (Å²) in [5.41, 5.74) is 8.38.